The number of esters is 1. The third-order valence-electron chi connectivity index (χ3n) is 6.54. The van der Waals surface area contributed by atoms with Crippen LogP contribution < -0.4 is 5.32 Å². The van der Waals surface area contributed by atoms with Gasteiger partial charge in [0.15, 0.2) is 0 Å². The summed E-state index contributed by atoms with van der Waals surface area (Å²) < 4.78 is 5.09. The third-order valence-corrected chi connectivity index (χ3v) is 6.54. The number of nitrogens with one attached hydrogen (secondary N) is 1. The predicted molar refractivity (Wildman–Crippen MR) is 121 cm³/mol. The summed E-state index contributed by atoms with van der Waals surface area (Å²) in [4.78, 5) is 42.6. The van der Waals surface area contributed by atoms with Gasteiger partial charge in [-0.25, -0.2) is 4.79 Å². The number of carbonyl (C=O) groups is 3. The number of nitrogens with zero attached hydrogens (tertiary/aromatic N) is 2. The molecule has 0 radical (unpaired) electrons. The first kappa shape index (κ1) is 25.4. The van der Waals surface area contributed by atoms with Crippen LogP contribution in [-0.2, 0) is 19.1 Å². The van der Waals surface area contributed by atoms with Crippen molar-refractivity contribution in [2.45, 2.75) is 73.0 Å². The first-order chi connectivity index (χ1) is 14.3. The van der Waals surface area contributed by atoms with E-state index in [-0.39, 0.29) is 35.8 Å². The highest BCUT2D eigenvalue weighted by Gasteiger charge is 2.54. The molecule has 1 N–H and O–H groups in total. The number of piperidine rings is 1. The van der Waals surface area contributed by atoms with Crippen molar-refractivity contribution in [3.8, 4) is 0 Å². The monoisotopic (exact) mass is 435 g/mol. The normalized spacial score (nSPS) is 25.6. The minimum atomic E-state index is -0.659. The van der Waals surface area contributed by atoms with Crippen LogP contribution in [0.3, 0.4) is 0 Å². The fourth-order valence-electron chi connectivity index (χ4n) is 4.62. The summed E-state index contributed by atoms with van der Waals surface area (Å²) in [5.74, 6) is 0.528. The summed E-state index contributed by atoms with van der Waals surface area (Å²) in [7, 11) is 3.72. The molecule has 0 aromatic carbocycles. The number of carbonyl (C=O) groups excluding carboxylic acids is 3. The summed E-state index contributed by atoms with van der Waals surface area (Å²) in [5, 5.41) is 3.07. The lowest BCUT2D eigenvalue weighted by molar-refractivity contribution is -0.141. The molecule has 1 aliphatic heterocycles. The molecule has 31 heavy (non-hydrogen) atoms. The molecule has 1 saturated carbocycles. The maximum Gasteiger partial charge on any atom is 0.333 e. The van der Waals surface area contributed by atoms with Gasteiger partial charge in [0, 0.05) is 19.2 Å². The zero-order valence-corrected chi connectivity index (χ0v) is 20.7. The van der Waals surface area contributed by atoms with Crippen molar-refractivity contribution in [1.82, 2.24) is 15.1 Å². The fourth-order valence-corrected chi connectivity index (χ4v) is 4.62. The second-order valence-corrected chi connectivity index (χ2v) is 10.6. The smallest absolute Gasteiger partial charge is 0.333 e. The molecule has 0 spiro atoms. The molecule has 5 atom stereocenters. The number of hydrogen-bond acceptors (Lipinski definition) is 5. The van der Waals surface area contributed by atoms with Gasteiger partial charge in [0.05, 0.1) is 18.7 Å². The van der Waals surface area contributed by atoms with Crippen LogP contribution in [0.25, 0.3) is 0 Å². The van der Waals surface area contributed by atoms with Crippen molar-refractivity contribution in [1.29, 1.82) is 0 Å². The van der Waals surface area contributed by atoms with E-state index in [0.717, 1.165) is 13.0 Å². The van der Waals surface area contributed by atoms with Crippen LogP contribution in [0.2, 0.25) is 0 Å². The Balaban J connectivity index is 2.21. The molecule has 1 saturated heterocycles. The van der Waals surface area contributed by atoms with E-state index in [2.05, 4.69) is 10.2 Å². The van der Waals surface area contributed by atoms with Crippen LogP contribution >= 0.6 is 0 Å². The second-order valence-electron chi connectivity index (χ2n) is 10.6. The Hall–Kier alpha value is -1.89. The number of rotatable bonds is 8. The van der Waals surface area contributed by atoms with Crippen molar-refractivity contribution >= 4 is 17.8 Å². The summed E-state index contributed by atoms with van der Waals surface area (Å²) in [6, 6.07) is -1.10. The van der Waals surface area contributed by atoms with Crippen molar-refractivity contribution in [2.24, 2.45) is 23.2 Å². The molecule has 0 aromatic heterocycles. The van der Waals surface area contributed by atoms with Gasteiger partial charge < -0.3 is 15.0 Å². The number of fused-ring (bicyclic) bond motifs is 1. The second kappa shape index (κ2) is 9.72. The quantitative estimate of drug-likeness (QED) is 0.468. The average molecular weight is 436 g/mol. The summed E-state index contributed by atoms with van der Waals surface area (Å²) in [5.41, 5.74) is 0.0200. The molecule has 176 valence electrons. The van der Waals surface area contributed by atoms with Crippen LogP contribution in [0.15, 0.2) is 11.6 Å². The Bertz CT molecular complexity index is 723. The first-order valence-corrected chi connectivity index (χ1v) is 11.4. The standard InChI is InChI=1S/C24H41N3O4/c1-10-31-23(30)15(4)11-18(14(2)3)27(9)22(29)20(24(5,6)7)25-21(28)19-17-12-16(17)13-26(19)8/h11,14,16-20H,10,12-13H2,1-9H3,(H,25,28)/b15-11+/t16?,17-,18+,19-,20+/m0/s1. The van der Waals surface area contributed by atoms with Crippen LogP contribution in [-0.4, -0.2) is 73.0 Å². The van der Waals surface area contributed by atoms with Crippen LogP contribution in [0, 0.1) is 23.2 Å². The van der Waals surface area contributed by atoms with Gasteiger partial charge in [-0.2, -0.15) is 0 Å². The number of ether oxygens (including phenoxy) is 1. The van der Waals surface area contributed by atoms with Crippen LogP contribution in [0.1, 0.15) is 54.9 Å². The van der Waals surface area contributed by atoms with E-state index in [1.807, 2.05) is 41.7 Å². The minimum Gasteiger partial charge on any atom is -0.463 e. The predicted octanol–water partition coefficient (Wildman–Crippen LogP) is 2.46. The maximum atomic E-state index is 13.6. The Morgan fingerprint density at radius 1 is 1.26 bits per heavy atom. The van der Waals surface area contributed by atoms with Gasteiger partial charge in [-0.05, 0) is 50.5 Å². The Morgan fingerprint density at radius 2 is 1.87 bits per heavy atom. The molecule has 1 unspecified atom stereocenters. The molecule has 1 heterocycles. The van der Waals surface area contributed by atoms with E-state index in [1.54, 1.807) is 31.9 Å². The van der Waals surface area contributed by atoms with E-state index >= 15 is 0 Å². The van der Waals surface area contributed by atoms with Gasteiger partial charge in [0.1, 0.15) is 6.04 Å². The van der Waals surface area contributed by atoms with Gasteiger partial charge in [0.2, 0.25) is 11.8 Å². The molecule has 7 nitrogen and oxygen atoms in total. The SMILES string of the molecule is CCOC(=O)/C(C)=C/[C@H](C(C)C)N(C)C(=O)[C@@H](NC(=O)[C@@H]1[C@H]2CC2CN1C)C(C)(C)C. The van der Waals surface area contributed by atoms with E-state index in [1.165, 1.54) is 0 Å². The van der Waals surface area contributed by atoms with E-state index < -0.39 is 11.5 Å². The van der Waals surface area contributed by atoms with Crippen molar-refractivity contribution in [3.05, 3.63) is 11.6 Å². The summed E-state index contributed by atoms with van der Waals surface area (Å²) in [6.07, 6.45) is 2.89. The van der Waals surface area contributed by atoms with E-state index in [4.69, 9.17) is 4.74 Å². The van der Waals surface area contributed by atoms with Crippen molar-refractivity contribution in [2.75, 3.05) is 27.2 Å². The van der Waals surface area contributed by atoms with Gasteiger partial charge >= 0.3 is 5.97 Å². The molecular formula is C24H41N3O4. The molecule has 0 bridgehead atoms. The van der Waals surface area contributed by atoms with Gasteiger partial charge in [-0.1, -0.05) is 40.7 Å². The molecule has 2 amide bonds. The molecule has 0 aromatic rings. The summed E-state index contributed by atoms with van der Waals surface area (Å²) >= 11 is 0. The van der Waals surface area contributed by atoms with Gasteiger partial charge in [0.25, 0.3) is 0 Å². The summed E-state index contributed by atoms with van der Waals surface area (Å²) in [6.45, 7) is 14.6. The van der Waals surface area contributed by atoms with Crippen molar-refractivity contribution in [3.63, 3.8) is 0 Å². The van der Waals surface area contributed by atoms with E-state index in [9.17, 15) is 14.4 Å². The maximum absolute atomic E-state index is 13.6. The molecular weight excluding hydrogens is 394 g/mol. The molecule has 2 rings (SSSR count). The highest BCUT2D eigenvalue weighted by molar-refractivity contribution is 5.91. The van der Waals surface area contributed by atoms with Gasteiger partial charge in [-0.3, -0.25) is 14.5 Å². The third kappa shape index (κ3) is 5.88. The number of likely N-dealkylation sites (tertiary alicyclic amines) is 1. The molecule has 7 heteroatoms. The Morgan fingerprint density at radius 3 is 2.32 bits per heavy atom. The van der Waals surface area contributed by atoms with Crippen molar-refractivity contribution < 1.29 is 19.1 Å². The lowest BCUT2D eigenvalue weighted by Gasteiger charge is -2.38. The highest BCUT2D eigenvalue weighted by atomic mass is 16.5. The number of likely N-dealkylation sites (N-methyl/N-ethyl adjacent to an activating group) is 2. The number of hydrogen-bond donors (Lipinski definition) is 1. The topological polar surface area (TPSA) is 79.0 Å². The number of amides is 2. The van der Waals surface area contributed by atoms with Crippen LogP contribution in [0.4, 0.5) is 0 Å². The Kier molecular flexibility index (Phi) is 7.95. The minimum absolute atomic E-state index is 0.0616. The Labute approximate surface area is 187 Å². The molecule has 2 aliphatic rings. The lowest BCUT2D eigenvalue weighted by Crippen LogP contribution is -2.59. The van der Waals surface area contributed by atoms with Crippen LogP contribution in [0.5, 0.6) is 0 Å². The first-order valence-electron chi connectivity index (χ1n) is 11.4. The molecule has 2 fully saturated rings. The van der Waals surface area contributed by atoms with E-state index in [0.29, 0.717) is 24.0 Å². The lowest BCUT2D eigenvalue weighted by atomic mass is 9.84. The largest absolute Gasteiger partial charge is 0.463 e. The zero-order chi connectivity index (χ0) is 23.7. The van der Waals surface area contributed by atoms with Gasteiger partial charge in [-0.15, -0.1) is 0 Å². The molecule has 1 aliphatic carbocycles. The highest BCUT2D eigenvalue weighted by Crippen LogP contribution is 2.49. The average Bonchev–Trinajstić information content (AvgIpc) is 3.32. The zero-order valence-electron chi connectivity index (χ0n) is 20.7. The fraction of sp³-hybridized carbons (Fsp3) is 0.792.